The van der Waals surface area contributed by atoms with E-state index in [1.54, 1.807) is 0 Å². The molecule has 0 saturated carbocycles. The van der Waals surface area contributed by atoms with Gasteiger partial charge in [0.15, 0.2) is 6.10 Å². The number of hydrogen-bond donors (Lipinski definition) is 0. The Kier molecular flexibility index (Phi) is 4.03. The highest BCUT2D eigenvalue weighted by atomic mass is 16.6. The minimum Gasteiger partial charge on any atom is -0.376 e. The largest absolute Gasteiger partial charge is 0.376 e. The lowest BCUT2D eigenvalue weighted by Crippen LogP contribution is -2.37. The van der Waals surface area contributed by atoms with E-state index in [0.29, 0.717) is 18.8 Å². The quantitative estimate of drug-likeness (QED) is 0.602. The van der Waals surface area contributed by atoms with Crippen molar-refractivity contribution in [3.8, 4) is 0 Å². The molecule has 0 bridgehead atoms. The number of non-ortho nitro benzene ring substituents is 1. The first-order valence-electron chi connectivity index (χ1n) is 5.67. The molecule has 1 saturated heterocycles. The first kappa shape index (κ1) is 13.4. The van der Waals surface area contributed by atoms with Gasteiger partial charge in [0, 0.05) is 22.6 Å². The smallest absolute Gasteiger partial charge is 0.269 e. The van der Waals surface area contributed by atoms with Gasteiger partial charge in [0.25, 0.3) is 11.7 Å². The van der Waals surface area contributed by atoms with Gasteiger partial charge >= 0.3 is 0 Å². The molecule has 0 N–H and O–H groups in total. The van der Waals surface area contributed by atoms with Crippen LogP contribution in [-0.2, 0) is 9.47 Å². The van der Waals surface area contributed by atoms with Crippen LogP contribution in [0.15, 0.2) is 24.3 Å². The van der Waals surface area contributed by atoms with E-state index >= 15 is 0 Å². The van der Waals surface area contributed by atoms with Crippen molar-refractivity contribution in [2.45, 2.75) is 12.1 Å². The van der Waals surface area contributed by atoms with E-state index in [0.717, 1.165) is 0 Å². The summed E-state index contributed by atoms with van der Waals surface area (Å²) in [5.74, 6) is 0. The second-order valence-electron chi connectivity index (χ2n) is 4.06. The zero-order valence-electron chi connectivity index (χ0n) is 9.93. The Morgan fingerprint density at radius 2 is 1.84 bits per heavy atom. The molecule has 8 nitrogen and oxygen atoms in total. The van der Waals surface area contributed by atoms with Crippen molar-refractivity contribution >= 4 is 5.69 Å². The van der Waals surface area contributed by atoms with Crippen LogP contribution in [0.2, 0.25) is 0 Å². The van der Waals surface area contributed by atoms with Crippen molar-refractivity contribution in [1.82, 2.24) is 0 Å². The van der Waals surface area contributed by atoms with Crippen molar-refractivity contribution in [2.24, 2.45) is 0 Å². The zero-order chi connectivity index (χ0) is 13.8. The van der Waals surface area contributed by atoms with Gasteiger partial charge in [-0.05, 0) is 12.1 Å². The number of benzene rings is 1. The monoisotopic (exact) mass is 268 g/mol. The highest BCUT2D eigenvalue weighted by molar-refractivity contribution is 5.34. The van der Waals surface area contributed by atoms with Crippen LogP contribution < -0.4 is 0 Å². The molecule has 2 unspecified atom stereocenters. The summed E-state index contributed by atoms with van der Waals surface area (Å²) >= 11 is 0. The minimum absolute atomic E-state index is 0.105. The number of rotatable bonds is 4. The highest BCUT2D eigenvalue weighted by Crippen LogP contribution is 2.26. The molecule has 1 aromatic carbocycles. The van der Waals surface area contributed by atoms with Gasteiger partial charge in [0.1, 0.15) is 0 Å². The van der Waals surface area contributed by atoms with Crippen LogP contribution in [-0.4, -0.2) is 35.8 Å². The molecule has 1 aliphatic rings. The molecule has 2 rings (SSSR count). The Balaban J connectivity index is 2.23. The van der Waals surface area contributed by atoms with Crippen LogP contribution in [0.1, 0.15) is 11.6 Å². The summed E-state index contributed by atoms with van der Waals surface area (Å²) in [6.45, 7) is 0.867. The average molecular weight is 268 g/mol. The summed E-state index contributed by atoms with van der Waals surface area (Å²) in [6, 6.07) is 4.17. The fraction of sp³-hybridized carbons (Fsp3) is 0.455. The third kappa shape index (κ3) is 3.04. The van der Waals surface area contributed by atoms with Gasteiger partial charge in [0.05, 0.1) is 24.7 Å². The van der Waals surface area contributed by atoms with Crippen LogP contribution in [0.5, 0.6) is 0 Å². The molecule has 0 aliphatic carbocycles. The highest BCUT2D eigenvalue weighted by Gasteiger charge is 2.36. The van der Waals surface area contributed by atoms with E-state index in [1.165, 1.54) is 24.3 Å². The Morgan fingerprint density at radius 1 is 1.16 bits per heavy atom. The third-order valence-corrected chi connectivity index (χ3v) is 2.87. The maximum absolute atomic E-state index is 11.2. The SMILES string of the molecule is O=[N+]([O-])c1ccc(C(C2COCCO2)[N+](=O)[O-])cc1. The Hall–Kier alpha value is -2.06. The topological polar surface area (TPSA) is 105 Å². The summed E-state index contributed by atoms with van der Waals surface area (Å²) in [5.41, 5.74) is 0.262. The molecule has 1 aliphatic heterocycles. The number of nitro benzene ring substituents is 1. The summed E-state index contributed by atoms with van der Waals surface area (Å²) in [6.07, 6.45) is -0.676. The lowest BCUT2D eigenvalue weighted by atomic mass is 10.0. The predicted molar refractivity (Wildman–Crippen MR) is 63.4 cm³/mol. The Labute approximate surface area is 108 Å². The second-order valence-corrected chi connectivity index (χ2v) is 4.06. The maximum atomic E-state index is 11.2. The van der Waals surface area contributed by atoms with Gasteiger partial charge in [-0.3, -0.25) is 20.2 Å². The molecule has 0 radical (unpaired) electrons. The fourth-order valence-corrected chi connectivity index (χ4v) is 1.95. The van der Waals surface area contributed by atoms with Crippen LogP contribution in [0.3, 0.4) is 0 Å². The van der Waals surface area contributed by atoms with E-state index in [4.69, 9.17) is 9.47 Å². The first-order chi connectivity index (χ1) is 9.09. The van der Waals surface area contributed by atoms with E-state index in [2.05, 4.69) is 0 Å². The predicted octanol–water partition coefficient (Wildman–Crippen LogP) is 1.33. The number of ether oxygens (including phenoxy) is 2. The van der Waals surface area contributed by atoms with E-state index < -0.39 is 22.0 Å². The molecule has 1 heterocycles. The summed E-state index contributed by atoms with van der Waals surface area (Å²) in [5, 5.41) is 21.7. The maximum Gasteiger partial charge on any atom is 0.269 e. The molecule has 8 heteroatoms. The summed E-state index contributed by atoms with van der Waals surface area (Å²) in [7, 11) is 0. The molecule has 102 valence electrons. The molecule has 1 aromatic rings. The fourth-order valence-electron chi connectivity index (χ4n) is 1.95. The normalized spacial score (nSPS) is 20.7. The van der Waals surface area contributed by atoms with E-state index in [1.807, 2.05) is 0 Å². The van der Waals surface area contributed by atoms with Crippen molar-refractivity contribution in [3.63, 3.8) is 0 Å². The summed E-state index contributed by atoms with van der Waals surface area (Å²) < 4.78 is 10.5. The molecular formula is C11H12N2O6. The molecule has 0 aromatic heterocycles. The van der Waals surface area contributed by atoms with Crippen molar-refractivity contribution in [3.05, 3.63) is 50.1 Å². The van der Waals surface area contributed by atoms with Crippen molar-refractivity contribution < 1.29 is 19.3 Å². The van der Waals surface area contributed by atoms with Gasteiger partial charge in [-0.15, -0.1) is 0 Å². The minimum atomic E-state index is -1.08. The average Bonchev–Trinajstić information content (AvgIpc) is 2.40. The van der Waals surface area contributed by atoms with E-state index in [-0.39, 0.29) is 12.3 Å². The summed E-state index contributed by atoms with van der Waals surface area (Å²) in [4.78, 5) is 20.7. The molecular weight excluding hydrogens is 256 g/mol. The van der Waals surface area contributed by atoms with Gasteiger partial charge in [-0.25, -0.2) is 0 Å². The van der Waals surface area contributed by atoms with E-state index in [9.17, 15) is 20.2 Å². The lowest BCUT2D eigenvalue weighted by molar-refractivity contribution is -0.544. The first-order valence-corrected chi connectivity index (χ1v) is 5.67. The Bertz CT molecular complexity index is 469. The van der Waals surface area contributed by atoms with Crippen LogP contribution >= 0.6 is 0 Å². The van der Waals surface area contributed by atoms with Crippen LogP contribution in [0.25, 0.3) is 0 Å². The zero-order valence-corrected chi connectivity index (χ0v) is 9.93. The standard InChI is InChI=1S/C11H12N2O6/c14-12(15)9-3-1-8(2-4-9)11(13(16)17)10-7-18-5-6-19-10/h1-4,10-11H,5-7H2. The number of nitrogens with zero attached hydrogens (tertiary/aromatic N) is 2. The van der Waals surface area contributed by atoms with Gasteiger partial charge in [-0.1, -0.05) is 0 Å². The van der Waals surface area contributed by atoms with Crippen molar-refractivity contribution in [2.75, 3.05) is 19.8 Å². The molecule has 1 fully saturated rings. The second kappa shape index (κ2) is 5.72. The molecule has 2 atom stereocenters. The number of hydrogen-bond acceptors (Lipinski definition) is 6. The molecule has 0 spiro atoms. The van der Waals surface area contributed by atoms with Crippen LogP contribution in [0, 0.1) is 20.2 Å². The number of nitro groups is 2. The Morgan fingerprint density at radius 3 is 2.32 bits per heavy atom. The van der Waals surface area contributed by atoms with Gasteiger partial charge in [-0.2, -0.15) is 0 Å². The molecule has 19 heavy (non-hydrogen) atoms. The van der Waals surface area contributed by atoms with Crippen molar-refractivity contribution in [1.29, 1.82) is 0 Å². The molecule has 0 amide bonds. The third-order valence-electron chi connectivity index (χ3n) is 2.87. The van der Waals surface area contributed by atoms with Gasteiger partial charge < -0.3 is 9.47 Å². The van der Waals surface area contributed by atoms with Crippen LogP contribution in [0.4, 0.5) is 5.69 Å². The van der Waals surface area contributed by atoms with Gasteiger partial charge in [0.2, 0.25) is 0 Å². The lowest BCUT2D eigenvalue weighted by Gasteiger charge is -2.25.